The zero-order chi connectivity index (χ0) is 12.6. The highest BCUT2D eigenvalue weighted by Crippen LogP contribution is 2.24. The average molecular weight is 230 g/mol. The summed E-state index contributed by atoms with van der Waals surface area (Å²) in [6.07, 6.45) is 0. The van der Waals surface area contributed by atoms with E-state index in [9.17, 15) is 4.79 Å². The summed E-state index contributed by atoms with van der Waals surface area (Å²) in [5.41, 5.74) is 3.33. The third-order valence-electron chi connectivity index (χ3n) is 2.95. The number of rotatable bonds is 1. The molecule has 17 heavy (non-hydrogen) atoms. The normalized spacial score (nSPS) is 11.8. The molecular formula is C14H18N2O. The minimum Gasteiger partial charge on any atom is -0.295 e. The highest BCUT2D eigenvalue weighted by Gasteiger charge is 2.13. The van der Waals surface area contributed by atoms with E-state index < -0.39 is 0 Å². The molecule has 1 aromatic heterocycles. The van der Waals surface area contributed by atoms with Gasteiger partial charge in [0.05, 0.1) is 5.69 Å². The van der Waals surface area contributed by atoms with Gasteiger partial charge in [0.25, 0.3) is 5.56 Å². The van der Waals surface area contributed by atoms with Crippen molar-refractivity contribution in [2.24, 2.45) is 7.05 Å². The lowest BCUT2D eigenvalue weighted by atomic mass is 9.86. The number of hydrogen-bond acceptors (Lipinski definition) is 1. The first-order chi connectivity index (χ1) is 7.88. The van der Waals surface area contributed by atoms with E-state index in [2.05, 4.69) is 38.0 Å². The molecule has 0 fully saturated rings. The summed E-state index contributed by atoms with van der Waals surface area (Å²) < 4.78 is 1.48. The van der Waals surface area contributed by atoms with Crippen molar-refractivity contribution >= 4 is 0 Å². The number of hydrogen-bond donors (Lipinski definition) is 1. The van der Waals surface area contributed by atoms with Gasteiger partial charge in [0.15, 0.2) is 0 Å². The molecule has 3 heteroatoms. The van der Waals surface area contributed by atoms with Crippen molar-refractivity contribution < 1.29 is 0 Å². The van der Waals surface area contributed by atoms with Crippen LogP contribution in [0.5, 0.6) is 0 Å². The Morgan fingerprint density at radius 3 is 2.12 bits per heavy atom. The topological polar surface area (TPSA) is 37.8 Å². The number of aryl methyl sites for hydroxylation is 1. The zero-order valence-corrected chi connectivity index (χ0v) is 10.7. The summed E-state index contributed by atoms with van der Waals surface area (Å²) in [5, 5.41) is 3.02. The Morgan fingerprint density at radius 1 is 1.12 bits per heavy atom. The molecule has 3 nitrogen and oxygen atoms in total. The van der Waals surface area contributed by atoms with Gasteiger partial charge in [-0.05, 0) is 16.5 Å². The van der Waals surface area contributed by atoms with E-state index in [1.807, 2.05) is 12.1 Å². The molecule has 1 heterocycles. The van der Waals surface area contributed by atoms with Crippen molar-refractivity contribution in [3.05, 3.63) is 46.2 Å². The predicted octanol–water partition coefficient (Wildman–Crippen LogP) is 2.68. The van der Waals surface area contributed by atoms with Crippen LogP contribution in [-0.4, -0.2) is 9.78 Å². The van der Waals surface area contributed by atoms with Gasteiger partial charge in [0, 0.05) is 13.1 Å². The summed E-state index contributed by atoms with van der Waals surface area (Å²) in [4.78, 5) is 11.4. The maximum atomic E-state index is 11.4. The Bertz CT molecular complexity index is 568. The fraction of sp³-hybridized carbons (Fsp3) is 0.357. The molecule has 0 amide bonds. The van der Waals surface area contributed by atoms with Crippen LogP contribution < -0.4 is 5.56 Å². The number of aromatic amines is 1. The molecule has 0 atom stereocenters. The Balaban J connectivity index is 2.39. The third kappa shape index (κ3) is 2.33. The summed E-state index contributed by atoms with van der Waals surface area (Å²) in [5.74, 6) is 0. The SMILES string of the molecule is Cn1[nH]c(-c2ccc(C(C)(C)C)cc2)cc1=O. The molecule has 0 bridgehead atoms. The highest BCUT2D eigenvalue weighted by atomic mass is 16.1. The third-order valence-corrected chi connectivity index (χ3v) is 2.95. The largest absolute Gasteiger partial charge is 0.295 e. The fourth-order valence-corrected chi connectivity index (χ4v) is 1.79. The maximum Gasteiger partial charge on any atom is 0.266 e. The van der Waals surface area contributed by atoms with Crippen molar-refractivity contribution in [3.63, 3.8) is 0 Å². The van der Waals surface area contributed by atoms with Crippen molar-refractivity contribution in [1.29, 1.82) is 0 Å². The number of aromatic nitrogens is 2. The summed E-state index contributed by atoms with van der Waals surface area (Å²) in [7, 11) is 1.72. The van der Waals surface area contributed by atoms with E-state index in [1.165, 1.54) is 10.2 Å². The Morgan fingerprint density at radius 2 is 1.71 bits per heavy atom. The van der Waals surface area contributed by atoms with Crippen molar-refractivity contribution in [2.75, 3.05) is 0 Å². The van der Waals surface area contributed by atoms with Crippen LogP contribution in [0.4, 0.5) is 0 Å². The van der Waals surface area contributed by atoms with E-state index in [1.54, 1.807) is 13.1 Å². The van der Waals surface area contributed by atoms with Gasteiger partial charge in [-0.15, -0.1) is 0 Å². The van der Waals surface area contributed by atoms with Crippen LogP contribution in [0.15, 0.2) is 35.1 Å². The second-order valence-electron chi connectivity index (χ2n) is 5.39. The molecule has 0 radical (unpaired) electrons. The van der Waals surface area contributed by atoms with Gasteiger partial charge in [-0.25, -0.2) is 0 Å². The monoisotopic (exact) mass is 230 g/mol. The minimum absolute atomic E-state index is 0.0140. The smallest absolute Gasteiger partial charge is 0.266 e. The van der Waals surface area contributed by atoms with Gasteiger partial charge in [-0.1, -0.05) is 45.0 Å². The quantitative estimate of drug-likeness (QED) is 0.803. The van der Waals surface area contributed by atoms with Gasteiger partial charge in [0.1, 0.15) is 0 Å². The van der Waals surface area contributed by atoms with E-state index in [0.717, 1.165) is 11.3 Å². The number of nitrogens with zero attached hydrogens (tertiary/aromatic N) is 1. The van der Waals surface area contributed by atoms with Gasteiger partial charge in [0.2, 0.25) is 0 Å². The average Bonchev–Trinajstić information content (AvgIpc) is 2.58. The van der Waals surface area contributed by atoms with E-state index in [-0.39, 0.29) is 11.0 Å². The summed E-state index contributed by atoms with van der Waals surface area (Å²) in [6, 6.07) is 9.94. The van der Waals surface area contributed by atoms with Gasteiger partial charge in [-0.2, -0.15) is 0 Å². The Labute approximate surface area is 101 Å². The molecule has 0 aliphatic heterocycles. The first kappa shape index (κ1) is 11.7. The molecule has 0 aliphatic rings. The summed E-state index contributed by atoms with van der Waals surface area (Å²) >= 11 is 0. The molecular weight excluding hydrogens is 212 g/mol. The van der Waals surface area contributed by atoms with Gasteiger partial charge >= 0.3 is 0 Å². The molecule has 1 N–H and O–H groups in total. The fourth-order valence-electron chi connectivity index (χ4n) is 1.79. The second kappa shape index (κ2) is 3.91. The first-order valence-electron chi connectivity index (χ1n) is 5.75. The van der Waals surface area contributed by atoms with E-state index >= 15 is 0 Å². The van der Waals surface area contributed by atoms with Crippen LogP contribution in [0.3, 0.4) is 0 Å². The van der Waals surface area contributed by atoms with E-state index in [0.29, 0.717) is 0 Å². The Kier molecular flexibility index (Phi) is 2.69. The van der Waals surface area contributed by atoms with Gasteiger partial charge in [-0.3, -0.25) is 14.6 Å². The van der Waals surface area contributed by atoms with Crippen LogP contribution >= 0.6 is 0 Å². The lowest BCUT2D eigenvalue weighted by molar-refractivity contribution is 0.590. The lowest BCUT2D eigenvalue weighted by Crippen LogP contribution is -2.10. The minimum atomic E-state index is -0.0140. The number of H-pyrrole nitrogens is 1. The summed E-state index contributed by atoms with van der Waals surface area (Å²) in [6.45, 7) is 6.56. The molecule has 2 aromatic rings. The molecule has 90 valence electrons. The lowest BCUT2D eigenvalue weighted by Gasteiger charge is -2.18. The number of nitrogens with one attached hydrogen (secondary N) is 1. The predicted molar refractivity (Wildman–Crippen MR) is 70.2 cm³/mol. The first-order valence-corrected chi connectivity index (χ1v) is 5.75. The van der Waals surface area contributed by atoms with E-state index in [4.69, 9.17) is 0 Å². The number of benzene rings is 1. The van der Waals surface area contributed by atoms with Crippen LogP contribution in [0.1, 0.15) is 26.3 Å². The molecule has 0 spiro atoms. The van der Waals surface area contributed by atoms with Crippen molar-refractivity contribution in [1.82, 2.24) is 9.78 Å². The molecule has 0 aliphatic carbocycles. The molecule has 2 rings (SSSR count). The van der Waals surface area contributed by atoms with Crippen LogP contribution in [-0.2, 0) is 12.5 Å². The van der Waals surface area contributed by atoms with Crippen LogP contribution in [0.2, 0.25) is 0 Å². The van der Waals surface area contributed by atoms with Crippen molar-refractivity contribution in [3.8, 4) is 11.3 Å². The molecule has 1 aromatic carbocycles. The molecule has 0 saturated heterocycles. The van der Waals surface area contributed by atoms with Crippen LogP contribution in [0, 0.1) is 0 Å². The molecule has 0 unspecified atom stereocenters. The maximum absolute atomic E-state index is 11.4. The standard InChI is InChI=1S/C14H18N2O/c1-14(2,3)11-7-5-10(6-8-11)12-9-13(17)16(4)15-12/h5-9,15H,1-4H3. The Hall–Kier alpha value is -1.77. The van der Waals surface area contributed by atoms with Crippen LogP contribution in [0.25, 0.3) is 11.3 Å². The molecule has 0 saturated carbocycles. The zero-order valence-electron chi connectivity index (χ0n) is 10.7. The second-order valence-corrected chi connectivity index (χ2v) is 5.39. The highest BCUT2D eigenvalue weighted by molar-refractivity contribution is 5.59. The van der Waals surface area contributed by atoms with Crippen molar-refractivity contribution in [2.45, 2.75) is 26.2 Å². The van der Waals surface area contributed by atoms with Gasteiger partial charge < -0.3 is 0 Å².